The van der Waals surface area contributed by atoms with Crippen LogP contribution >= 0.6 is 34.2 Å². The highest BCUT2D eigenvalue weighted by molar-refractivity contribution is 14.1. The van der Waals surface area contributed by atoms with Gasteiger partial charge in [-0.2, -0.15) is 9.61 Å². The summed E-state index contributed by atoms with van der Waals surface area (Å²) < 4.78 is 2.03. The van der Waals surface area contributed by atoms with Crippen LogP contribution in [-0.4, -0.2) is 19.6 Å². The first kappa shape index (κ1) is 11.7. The lowest BCUT2D eigenvalue weighted by Crippen LogP contribution is -2.17. The number of hydrogen-bond acceptors (Lipinski definition) is 3. The lowest BCUT2D eigenvalue weighted by molar-refractivity contribution is 0.843. The molecule has 0 aliphatic heterocycles. The van der Waals surface area contributed by atoms with Crippen LogP contribution in [0.1, 0.15) is 0 Å². The Morgan fingerprint density at radius 3 is 2.83 bits per heavy atom. The molecule has 0 atom stereocenters. The van der Waals surface area contributed by atoms with Crippen LogP contribution in [-0.2, 0) is 0 Å². The third-order valence-corrected chi connectivity index (χ3v) is 3.82. The minimum absolute atomic E-state index is 0.323. The first-order valence-electron chi connectivity index (χ1n) is 5.05. The van der Waals surface area contributed by atoms with Gasteiger partial charge in [0.05, 0.1) is 14.9 Å². The molecule has 3 rings (SSSR count). The largest absolute Gasteiger partial charge is 0.349 e. The highest BCUT2D eigenvalue weighted by Gasteiger charge is 2.16. The van der Waals surface area contributed by atoms with E-state index < -0.39 is 0 Å². The Labute approximate surface area is 120 Å². The van der Waals surface area contributed by atoms with E-state index >= 15 is 0 Å². The number of aromatic amines is 1. The number of halogens is 2. The van der Waals surface area contributed by atoms with Gasteiger partial charge in [0.25, 0.3) is 0 Å². The van der Waals surface area contributed by atoms with Crippen LogP contribution in [0.15, 0.2) is 35.4 Å². The van der Waals surface area contributed by atoms with E-state index in [1.165, 1.54) is 10.8 Å². The van der Waals surface area contributed by atoms with Crippen LogP contribution < -0.4 is 5.69 Å². The third-order valence-electron chi connectivity index (χ3n) is 2.50. The Bertz CT molecular complexity index is 795. The second-order valence-electron chi connectivity index (χ2n) is 3.59. The average molecular weight is 373 g/mol. The summed E-state index contributed by atoms with van der Waals surface area (Å²) in [5, 5.41) is 4.85. The summed E-state index contributed by atoms with van der Waals surface area (Å²) in [6.07, 6.45) is 1.36. The fourth-order valence-electron chi connectivity index (χ4n) is 1.68. The molecule has 0 radical (unpaired) electrons. The van der Waals surface area contributed by atoms with E-state index in [2.05, 4.69) is 37.7 Å². The Morgan fingerprint density at radius 1 is 1.33 bits per heavy atom. The van der Waals surface area contributed by atoms with Crippen molar-refractivity contribution in [1.29, 1.82) is 0 Å². The maximum Gasteiger partial charge on any atom is 0.349 e. The Kier molecular flexibility index (Phi) is 2.83. The predicted octanol–water partition coefficient (Wildman–Crippen LogP) is 2.34. The standard InChI is InChI=1S/C11H6ClIN4O/c12-7-4-2-1-3-6(7)9-8(13)10-14-5-15-11(18)17(10)16-9/h1-5H,(H,14,15,18). The fraction of sp³-hybridized carbons (Fsp3) is 0. The van der Waals surface area contributed by atoms with Gasteiger partial charge in [-0.05, 0) is 28.7 Å². The summed E-state index contributed by atoms with van der Waals surface area (Å²) in [7, 11) is 0. The van der Waals surface area contributed by atoms with E-state index in [1.54, 1.807) is 6.07 Å². The van der Waals surface area contributed by atoms with Gasteiger partial charge in [0.15, 0.2) is 5.65 Å². The normalized spacial score (nSPS) is 11.0. The van der Waals surface area contributed by atoms with Gasteiger partial charge < -0.3 is 0 Å². The molecule has 0 saturated heterocycles. The topological polar surface area (TPSA) is 63.0 Å². The molecule has 2 aromatic heterocycles. The molecule has 0 saturated carbocycles. The molecule has 2 heterocycles. The van der Waals surface area contributed by atoms with E-state index in [0.717, 1.165) is 9.13 Å². The van der Waals surface area contributed by atoms with Crippen molar-refractivity contribution in [2.75, 3.05) is 0 Å². The van der Waals surface area contributed by atoms with Gasteiger partial charge in [-0.15, -0.1) is 0 Å². The molecule has 0 fully saturated rings. The molecule has 18 heavy (non-hydrogen) atoms. The summed E-state index contributed by atoms with van der Waals surface area (Å²) >= 11 is 8.25. The maximum absolute atomic E-state index is 11.6. The van der Waals surface area contributed by atoms with Gasteiger partial charge in [-0.3, -0.25) is 4.98 Å². The number of benzene rings is 1. The van der Waals surface area contributed by atoms with Crippen molar-refractivity contribution >= 4 is 39.8 Å². The predicted molar refractivity (Wildman–Crippen MR) is 76.8 cm³/mol. The fourth-order valence-corrected chi connectivity index (χ4v) is 2.67. The second kappa shape index (κ2) is 4.36. The number of H-pyrrole nitrogens is 1. The molecular weight excluding hydrogens is 367 g/mol. The van der Waals surface area contributed by atoms with E-state index in [1.807, 2.05) is 18.2 Å². The molecular formula is C11H6ClIN4O. The number of nitrogens with zero attached hydrogens (tertiary/aromatic N) is 3. The van der Waals surface area contributed by atoms with E-state index in [9.17, 15) is 4.79 Å². The second-order valence-corrected chi connectivity index (χ2v) is 5.07. The SMILES string of the molecule is O=c1[nH]cnc2c(I)c(-c3ccccc3Cl)nn12. The minimum Gasteiger partial charge on any atom is -0.296 e. The van der Waals surface area contributed by atoms with Crippen LogP contribution in [0.2, 0.25) is 5.02 Å². The molecule has 1 N–H and O–H groups in total. The lowest BCUT2D eigenvalue weighted by Gasteiger charge is -1.99. The average Bonchev–Trinajstić information content (AvgIpc) is 2.70. The van der Waals surface area contributed by atoms with Crippen molar-refractivity contribution in [2.45, 2.75) is 0 Å². The number of fused-ring (bicyclic) bond motifs is 1. The number of nitrogens with one attached hydrogen (secondary N) is 1. The quantitative estimate of drug-likeness (QED) is 0.667. The molecule has 1 aromatic carbocycles. The van der Waals surface area contributed by atoms with Crippen LogP contribution in [0, 0.1) is 3.57 Å². The van der Waals surface area contributed by atoms with Crippen LogP contribution in [0.3, 0.4) is 0 Å². The van der Waals surface area contributed by atoms with Crippen LogP contribution in [0.5, 0.6) is 0 Å². The molecule has 90 valence electrons. The number of hydrogen-bond donors (Lipinski definition) is 1. The molecule has 3 aromatic rings. The Balaban J connectivity index is 2.38. The maximum atomic E-state index is 11.6. The molecule has 5 nitrogen and oxygen atoms in total. The lowest BCUT2D eigenvalue weighted by atomic mass is 10.1. The molecule has 0 bridgehead atoms. The smallest absolute Gasteiger partial charge is 0.296 e. The highest BCUT2D eigenvalue weighted by Crippen LogP contribution is 2.31. The monoisotopic (exact) mass is 372 g/mol. The summed E-state index contributed by atoms with van der Waals surface area (Å²) in [4.78, 5) is 18.2. The summed E-state index contributed by atoms with van der Waals surface area (Å²) in [6.45, 7) is 0. The van der Waals surface area contributed by atoms with Gasteiger partial charge >= 0.3 is 5.69 Å². The first-order valence-corrected chi connectivity index (χ1v) is 6.51. The van der Waals surface area contributed by atoms with Crippen molar-refractivity contribution in [3.05, 3.63) is 49.7 Å². The Morgan fingerprint density at radius 2 is 2.11 bits per heavy atom. The van der Waals surface area contributed by atoms with Crippen LogP contribution in [0.4, 0.5) is 0 Å². The molecule has 0 amide bonds. The van der Waals surface area contributed by atoms with Gasteiger partial charge in [-0.25, -0.2) is 9.78 Å². The zero-order valence-corrected chi connectivity index (χ0v) is 11.8. The van der Waals surface area contributed by atoms with E-state index in [0.29, 0.717) is 16.4 Å². The number of rotatable bonds is 1. The summed E-state index contributed by atoms with van der Waals surface area (Å²) in [6, 6.07) is 7.37. The van der Waals surface area contributed by atoms with Crippen molar-refractivity contribution in [3.63, 3.8) is 0 Å². The number of aromatic nitrogens is 4. The van der Waals surface area contributed by atoms with Crippen molar-refractivity contribution in [2.24, 2.45) is 0 Å². The Hall–Kier alpha value is -1.41. The third kappa shape index (κ3) is 1.72. The molecule has 0 unspecified atom stereocenters. The van der Waals surface area contributed by atoms with Gasteiger partial charge in [0.2, 0.25) is 0 Å². The minimum atomic E-state index is -0.323. The zero-order chi connectivity index (χ0) is 12.7. The molecule has 7 heteroatoms. The first-order chi connectivity index (χ1) is 8.68. The van der Waals surface area contributed by atoms with Gasteiger partial charge in [0, 0.05) is 5.56 Å². The van der Waals surface area contributed by atoms with E-state index in [-0.39, 0.29) is 5.69 Å². The van der Waals surface area contributed by atoms with Crippen molar-refractivity contribution in [1.82, 2.24) is 19.6 Å². The van der Waals surface area contributed by atoms with Crippen molar-refractivity contribution < 1.29 is 0 Å². The zero-order valence-electron chi connectivity index (χ0n) is 8.89. The van der Waals surface area contributed by atoms with Crippen LogP contribution in [0.25, 0.3) is 16.9 Å². The summed E-state index contributed by atoms with van der Waals surface area (Å²) in [5.74, 6) is 0. The molecule has 0 aliphatic carbocycles. The van der Waals surface area contributed by atoms with Gasteiger partial charge in [0.1, 0.15) is 5.69 Å². The molecule has 0 spiro atoms. The van der Waals surface area contributed by atoms with Crippen molar-refractivity contribution in [3.8, 4) is 11.3 Å². The summed E-state index contributed by atoms with van der Waals surface area (Å²) in [5.41, 5.74) is 1.64. The highest BCUT2D eigenvalue weighted by atomic mass is 127. The van der Waals surface area contributed by atoms with Gasteiger partial charge in [-0.1, -0.05) is 29.8 Å². The van der Waals surface area contributed by atoms with E-state index in [4.69, 9.17) is 11.6 Å². The molecule has 0 aliphatic rings.